The summed E-state index contributed by atoms with van der Waals surface area (Å²) >= 11 is 0. The Labute approximate surface area is 112 Å². The summed E-state index contributed by atoms with van der Waals surface area (Å²) in [6.45, 7) is 1.92. The molecule has 1 atom stereocenters. The molecule has 0 bridgehead atoms. The molecule has 2 heterocycles. The van der Waals surface area contributed by atoms with Gasteiger partial charge in [-0.3, -0.25) is 9.59 Å². The molecule has 4 heteroatoms. The van der Waals surface area contributed by atoms with Crippen molar-refractivity contribution in [3.8, 4) is 0 Å². The van der Waals surface area contributed by atoms with Gasteiger partial charge in [0.25, 0.3) is 5.91 Å². The summed E-state index contributed by atoms with van der Waals surface area (Å²) in [6, 6.07) is 5.49. The summed E-state index contributed by atoms with van der Waals surface area (Å²) in [4.78, 5) is 24.2. The highest BCUT2D eigenvalue weighted by Gasteiger charge is 2.25. The number of amides is 1. The zero-order valence-electron chi connectivity index (χ0n) is 10.8. The third-order valence-electron chi connectivity index (χ3n) is 3.85. The molecule has 0 aromatic heterocycles. The zero-order valence-corrected chi connectivity index (χ0v) is 10.8. The van der Waals surface area contributed by atoms with Gasteiger partial charge < -0.3 is 10.1 Å². The first-order valence-electron chi connectivity index (χ1n) is 6.79. The van der Waals surface area contributed by atoms with E-state index in [1.807, 2.05) is 12.1 Å². The Balaban J connectivity index is 1.86. The van der Waals surface area contributed by atoms with Crippen LogP contribution in [0.2, 0.25) is 0 Å². The minimum Gasteiger partial charge on any atom is -0.381 e. The first-order chi connectivity index (χ1) is 9.25. The van der Waals surface area contributed by atoms with Gasteiger partial charge in [-0.2, -0.15) is 0 Å². The van der Waals surface area contributed by atoms with E-state index < -0.39 is 0 Å². The van der Waals surface area contributed by atoms with Crippen LogP contribution in [-0.4, -0.2) is 31.4 Å². The van der Waals surface area contributed by atoms with Crippen LogP contribution in [-0.2, 0) is 11.2 Å². The normalized spacial score (nSPS) is 22.5. The molecular weight excluding hydrogens is 242 g/mol. The number of ketones is 1. The molecule has 19 heavy (non-hydrogen) atoms. The van der Waals surface area contributed by atoms with Gasteiger partial charge >= 0.3 is 0 Å². The SMILES string of the molecule is O=C1NCCc2ccc(C(=O)C3CCCOC3)cc21. The van der Waals surface area contributed by atoms with Gasteiger partial charge in [-0.05, 0) is 30.9 Å². The topological polar surface area (TPSA) is 55.4 Å². The highest BCUT2D eigenvalue weighted by atomic mass is 16.5. The number of hydrogen-bond donors (Lipinski definition) is 1. The van der Waals surface area contributed by atoms with Gasteiger partial charge in [-0.15, -0.1) is 0 Å². The van der Waals surface area contributed by atoms with E-state index in [0.29, 0.717) is 24.3 Å². The number of carbonyl (C=O) groups excluding carboxylic acids is 2. The predicted molar refractivity (Wildman–Crippen MR) is 70.4 cm³/mol. The molecule has 2 aliphatic heterocycles. The van der Waals surface area contributed by atoms with Gasteiger partial charge in [0.1, 0.15) is 0 Å². The van der Waals surface area contributed by atoms with Crippen LogP contribution >= 0.6 is 0 Å². The molecule has 1 N–H and O–H groups in total. The second kappa shape index (κ2) is 5.13. The van der Waals surface area contributed by atoms with Gasteiger partial charge in [0.2, 0.25) is 0 Å². The maximum Gasteiger partial charge on any atom is 0.251 e. The van der Waals surface area contributed by atoms with Crippen LogP contribution in [0.15, 0.2) is 18.2 Å². The van der Waals surface area contributed by atoms with Crippen LogP contribution < -0.4 is 5.32 Å². The lowest BCUT2D eigenvalue weighted by atomic mass is 9.90. The van der Waals surface area contributed by atoms with E-state index in [0.717, 1.165) is 31.4 Å². The summed E-state index contributed by atoms with van der Waals surface area (Å²) in [5.74, 6) is -0.0323. The largest absolute Gasteiger partial charge is 0.381 e. The van der Waals surface area contributed by atoms with E-state index in [1.165, 1.54) is 0 Å². The maximum absolute atomic E-state index is 12.4. The minimum atomic E-state index is -0.0733. The molecule has 100 valence electrons. The number of ether oxygens (including phenoxy) is 1. The summed E-state index contributed by atoms with van der Waals surface area (Å²) in [6.07, 6.45) is 2.64. The van der Waals surface area contributed by atoms with E-state index in [1.54, 1.807) is 6.07 Å². The predicted octanol–water partition coefficient (Wildman–Crippen LogP) is 1.58. The minimum absolute atomic E-state index is 0.0570. The Morgan fingerprint density at radius 1 is 1.37 bits per heavy atom. The van der Waals surface area contributed by atoms with Crippen molar-refractivity contribution < 1.29 is 14.3 Å². The highest BCUT2D eigenvalue weighted by molar-refractivity contribution is 6.02. The van der Waals surface area contributed by atoms with Crippen molar-refractivity contribution in [1.82, 2.24) is 5.32 Å². The molecule has 0 aliphatic carbocycles. The van der Waals surface area contributed by atoms with Crippen LogP contribution in [0.25, 0.3) is 0 Å². The lowest BCUT2D eigenvalue weighted by Gasteiger charge is -2.22. The Morgan fingerprint density at radius 3 is 3.05 bits per heavy atom. The summed E-state index contributed by atoms with van der Waals surface area (Å²) in [7, 11) is 0. The van der Waals surface area contributed by atoms with Gasteiger partial charge in [0.05, 0.1) is 6.61 Å². The Morgan fingerprint density at radius 2 is 2.26 bits per heavy atom. The first-order valence-corrected chi connectivity index (χ1v) is 6.79. The third-order valence-corrected chi connectivity index (χ3v) is 3.85. The van der Waals surface area contributed by atoms with E-state index in [-0.39, 0.29) is 17.6 Å². The van der Waals surface area contributed by atoms with Gasteiger partial charge in [-0.25, -0.2) is 0 Å². The van der Waals surface area contributed by atoms with Crippen LogP contribution in [0, 0.1) is 5.92 Å². The lowest BCUT2D eigenvalue weighted by molar-refractivity contribution is 0.0461. The zero-order chi connectivity index (χ0) is 13.2. The average molecular weight is 259 g/mol. The lowest BCUT2D eigenvalue weighted by Crippen LogP contribution is -2.32. The van der Waals surface area contributed by atoms with Crippen LogP contribution in [0.3, 0.4) is 0 Å². The van der Waals surface area contributed by atoms with Crippen LogP contribution in [0.1, 0.15) is 39.1 Å². The molecule has 1 unspecified atom stereocenters. The summed E-state index contributed by atoms with van der Waals surface area (Å²) < 4.78 is 5.36. The fraction of sp³-hybridized carbons (Fsp3) is 0.467. The smallest absolute Gasteiger partial charge is 0.251 e. The third kappa shape index (κ3) is 2.40. The fourth-order valence-electron chi connectivity index (χ4n) is 2.75. The number of nitrogens with one attached hydrogen (secondary N) is 1. The van der Waals surface area contributed by atoms with Gasteiger partial charge in [-0.1, -0.05) is 12.1 Å². The molecule has 1 saturated heterocycles. The van der Waals surface area contributed by atoms with Crippen molar-refractivity contribution in [3.63, 3.8) is 0 Å². The molecule has 3 rings (SSSR count). The highest BCUT2D eigenvalue weighted by Crippen LogP contribution is 2.22. The quantitative estimate of drug-likeness (QED) is 0.820. The molecule has 4 nitrogen and oxygen atoms in total. The fourth-order valence-corrected chi connectivity index (χ4v) is 2.75. The Bertz CT molecular complexity index is 518. The molecule has 0 saturated carbocycles. The molecule has 1 fully saturated rings. The molecule has 1 aromatic carbocycles. The number of fused-ring (bicyclic) bond motifs is 1. The van der Waals surface area contributed by atoms with Crippen molar-refractivity contribution in [2.24, 2.45) is 5.92 Å². The number of rotatable bonds is 2. The van der Waals surface area contributed by atoms with E-state index >= 15 is 0 Å². The molecule has 1 amide bonds. The van der Waals surface area contributed by atoms with Crippen LogP contribution in [0.4, 0.5) is 0 Å². The van der Waals surface area contributed by atoms with Crippen LogP contribution in [0.5, 0.6) is 0 Å². The number of benzene rings is 1. The van der Waals surface area contributed by atoms with Crippen molar-refractivity contribution in [3.05, 3.63) is 34.9 Å². The van der Waals surface area contributed by atoms with Crippen molar-refractivity contribution in [2.45, 2.75) is 19.3 Å². The monoisotopic (exact) mass is 259 g/mol. The Kier molecular flexibility index (Phi) is 3.34. The Hall–Kier alpha value is -1.68. The standard InChI is InChI=1S/C15H17NO3/c17-14(12-2-1-7-19-9-12)11-4-3-10-5-6-16-15(18)13(10)8-11/h3-4,8,12H,1-2,5-7,9H2,(H,16,18). The van der Waals surface area contributed by atoms with Crippen molar-refractivity contribution >= 4 is 11.7 Å². The molecule has 1 aromatic rings. The average Bonchev–Trinajstić information content (AvgIpc) is 2.47. The van der Waals surface area contributed by atoms with Crippen molar-refractivity contribution in [1.29, 1.82) is 0 Å². The second-order valence-corrected chi connectivity index (χ2v) is 5.16. The second-order valence-electron chi connectivity index (χ2n) is 5.16. The summed E-state index contributed by atoms with van der Waals surface area (Å²) in [5, 5.41) is 2.81. The number of Topliss-reactive ketones (excluding diaryl/α,β-unsaturated/α-hetero) is 1. The number of hydrogen-bond acceptors (Lipinski definition) is 3. The maximum atomic E-state index is 12.4. The first kappa shape index (κ1) is 12.4. The van der Waals surface area contributed by atoms with Gasteiger partial charge in [0, 0.05) is 30.2 Å². The molecule has 0 radical (unpaired) electrons. The summed E-state index contributed by atoms with van der Waals surface area (Å²) in [5.41, 5.74) is 2.31. The molecule has 2 aliphatic rings. The van der Waals surface area contributed by atoms with Crippen molar-refractivity contribution in [2.75, 3.05) is 19.8 Å². The van der Waals surface area contributed by atoms with E-state index in [4.69, 9.17) is 4.74 Å². The van der Waals surface area contributed by atoms with E-state index in [2.05, 4.69) is 5.32 Å². The molecular formula is C15H17NO3. The molecule has 0 spiro atoms. The number of carbonyl (C=O) groups is 2. The van der Waals surface area contributed by atoms with E-state index in [9.17, 15) is 9.59 Å². The van der Waals surface area contributed by atoms with Gasteiger partial charge in [0.15, 0.2) is 5.78 Å².